The van der Waals surface area contributed by atoms with Gasteiger partial charge in [-0.3, -0.25) is 28.9 Å². The molecule has 2 heterocycles. The first-order chi connectivity index (χ1) is 24.8. The number of hydrogen-bond donors (Lipinski definition) is 4. The summed E-state index contributed by atoms with van der Waals surface area (Å²) in [4.78, 5) is 70.5. The van der Waals surface area contributed by atoms with Gasteiger partial charge < -0.3 is 30.7 Å². The minimum absolute atomic E-state index is 0.0171. The van der Waals surface area contributed by atoms with E-state index < -0.39 is 47.5 Å². The fraction of sp³-hybridized carbons (Fsp3) is 0.575. The number of carbonyl (C=O) groups excluding carboxylic acids is 5. The minimum atomic E-state index is -1.03. The van der Waals surface area contributed by atoms with Crippen molar-refractivity contribution in [2.24, 2.45) is 11.8 Å². The molecule has 2 saturated heterocycles. The van der Waals surface area contributed by atoms with Gasteiger partial charge >= 0.3 is 0 Å². The van der Waals surface area contributed by atoms with Crippen LogP contribution < -0.4 is 21.3 Å². The number of morpholine rings is 1. The molecule has 2 fully saturated rings. The summed E-state index contributed by atoms with van der Waals surface area (Å²) in [6.07, 6.45) is 1.76. The SMILES string of the molecule is CC(C)C[C@@H](NC(=O)[C@H](CCc1ccccc1)NC(=O)CN1CCOCC1)C(=O)N[C@@H](Cc1ccccc1)C(=O)N[C@H](CC(C)C)C(=O)[C@@]1(C)CO1. The Balaban J connectivity index is 1.51. The molecule has 0 spiro atoms. The van der Waals surface area contributed by atoms with Crippen LogP contribution in [0.1, 0.15) is 65.0 Å². The van der Waals surface area contributed by atoms with Gasteiger partial charge in [0.1, 0.15) is 23.7 Å². The highest BCUT2D eigenvalue weighted by atomic mass is 16.6. The number of amides is 4. The van der Waals surface area contributed by atoms with E-state index in [-0.39, 0.29) is 36.5 Å². The van der Waals surface area contributed by atoms with Crippen LogP contribution in [0.25, 0.3) is 0 Å². The summed E-state index contributed by atoms with van der Waals surface area (Å²) in [5.74, 6) is -1.83. The highest BCUT2D eigenvalue weighted by Gasteiger charge is 2.50. The number of ether oxygens (including phenoxy) is 2. The molecule has 0 radical (unpaired) electrons. The standard InChI is InChI=1S/C40H57N5O7/c1-27(2)22-32(36(47)40(5)26-52-40)42-39(50)34(24-30-14-10-7-11-15-30)44-38(49)33(23-28(3)4)43-37(48)31(17-16-29-12-8-6-9-13-29)41-35(46)25-45-18-20-51-21-19-45/h6-15,27-28,31-34H,16-26H2,1-5H3,(H,41,46)(H,42,50)(H,43,48)(H,44,49)/t31-,32+,33+,34-,40+/m0/s1. The van der Waals surface area contributed by atoms with Crippen molar-refractivity contribution in [3.63, 3.8) is 0 Å². The number of benzene rings is 2. The van der Waals surface area contributed by atoms with E-state index in [1.165, 1.54) is 0 Å². The molecule has 52 heavy (non-hydrogen) atoms. The van der Waals surface area contributed by atoms with Gasteiger partial charge in [-0.25, -0.2) is 0 Å². The second kappa shape index (κ2) is 19.6. The lowest BCUT2D eigenvalue weighted by molar-refractivity contribution is -0.135. The van der Waals surface area contributed by atoms with Crippen molar-refractivity contribution in [3.8, 4) is 0 Å². The maximum absolute atomic E-state index is 14.1. The lowest BCUT2D eigenvalue weighted by Gasteiger charge is -2.29. The summed E-state index contributed by atoms with van der Waals surface area (Å²) in [6.45, 7) is 12.3. The number of nitrogens with one attached hydrogen (secondary N) is 4. The van der Waals surface area contributed by atoms with Crippen LogP contribution in [0.2, 0.25) is 0 Å². The van der Waals surface area contributed by atoms with Crippen LogP contribution in [-0.4, -0.2) is 104 Å². The van der Waals surface area contributed by atoms with Gasteiger partial charge in [-0.05, 0) is 55.6 Å². The van der Waals surface area contributed by atoms with Crippen LogP contribution in [0.4, 0.5) is 0 Å². The number of ketones is 1. The molecule has 2 aliphatic heterocycles. The van der Waals surface area contributed by atoms with E-state index in [1.54, 1.807) is 6.92 Å². The summed E-state index contributed by atoms with van der Waals surface area (Å²) in [5, 5.41) is 11.7. The smallest absolute Gasteiger partial charge is 0.243 e. The fourth-order valence-corrected chi connectivity index (χ4v) is 6.33. The molecule has 12 heteroatoms. The van der Waals surface area contributed by atoms with E-state index in [9.17, 15) is 24.0 Å². The predicted molar refractivity (Wildman–Crippen MR) is 198 cm³/mol. The lowest BCUT2D eigenvalue weighted by atomic mass is 9.93. The number of Topliss-reactive ketones (excluding diaryl/α,β-unsaturated/α-hetero) is 1. The zero-order valence-electron chi connectivity index (χ0n) is 31.3. The van der Waals surface area contributed by atoms with E-state index >= 15 is 0 Å². The third kappa shape index (κ3) is 13.1. The number of epoxide rings is 1. The summed E-state index contributed by atoms with van der Waals surface area (Å²) in [5.41, 5.74) is 0.915. The molecule has 0 saturated carbocycles. The van der Waals surface area contributed by atoms with Gasteiger partial charge in [-0.15, -0.1) is 0 Å². The largest absolute Gasteiger partial charge is 0.379 e. The molecule has 2 aromatic rings. The van der Waals surface area contributed by atoms with Gasteiger partial charge in [0.05, 0.1) is 32.4 Å². The molecule has 2 aliphatic rings. The first-order valence-corrected chi connectivity index (χ1v) is 18.6. The van der Waals surface area contributed by atoms with Crippen LogP contribution in [0, 0.1) is 11.8 Å². The molecule has 0 bridgehead atoms. The Labute approximate surface area is 308 Å². The lowest BCUT2D eigenvalue weighted by Crippen LogP contribution is -2.59. The number of rotatable bonds is 20. The summed E-state index contributed by atoms with van der Waals surface area (Å²) < 4.78 is 10.8. The molecule has 0 aromatic heterocycles. The van der Waals surface area contributed by atoms with Crippen molar-refractivity contribution < 1.29 is 33.4 Å². The van der Waals surface area contributed by atoms with Crippen molar-refractivity contribution in [1.82, 2.24) is 26.2 Å². The molecular weight excluding hydrogens is 662 g/mol. The Kier molecular flexibility index (Phi) is 15.3. The van der Waals surface area contributed by atoms with E-state index in [0.717, 1.165) is 11.1 Å². The molecule has 0 aliphatic carbocycles. The maximum atomic E-state index is 14.1. The van der Waals surface area contributed by atoms with Gasteiger partial charge in [-0.2, -0.15) is 0 Å². The molecule has 4 rings (SSSR count). The van der Waals surface area contributed by atoms with Crippen LogP contribution >= 0.6 is 0 Å². The number of hydrogen-bond acceptors (Lipinski definition) is 8. The summed E-state index contributed by atoms with van der Waals surface area (Å²) >= 11 is 0. The van der Waals surface area contributed by atoms with Gasteiger partial charge in [0.25, 0.3) is 0 Å². The fourth-order valence-electron chi connectivity index (χ4n) is 6.33. The van der Waals surface area contributed by atoms with E-state index in [2.05, 4.69) is 21.3 Å². The van der Waals surface area contributed by atoms with E-state index in [1.807, 2.05) is 93.3 Å². The van der Waals surface area contributed by atoms with Gasteiger partial charge in [-0.1, -0.05) is 88.4 Å². The Morgan fingerprint density at radius 2 is 1.19 bits per heavy atom. The third-order valence-electron chi connectivity index (χ3n) is 9.38. The number of aryl methyl sites for hydroxylation is 1. The molecule has 4 amide bonds. The van der Waals surface area contributed by atoms with Crippen LogP contribution in [0.5, 0.6) is 0 Å². The third-order valence-corrected chi connectivity index (χ3v) is 9.38. The van der Waals surface area contributed by atoms with Crippen molar-refractivity contribution in [2.75, 3.05) is 39.5 Å². The Hall–Kier alpha value is -4.13. The average Bonchev–Trinajstić information content (AvgIpc) is 3.87. The quantitative estimate of drug-likeness (QED) is 0.152. The predicted octanol–water partition coefficient (Wildman–Crippen LogP) is 2.58. The van der Waals surface area contributed by atoms with E-state index in [0.29, 0.717) is 58.6 Å². The second-order valence-electron chi connectivity index (χ2n) is 15.0. The zero-order valence-corrected chi connectivity index (χ0v) is 31.3. The van der Waals surface area contributed by atoms with Crippen LogP contribution in [-0.2, 0) is 46.3 Å². The topological polar surface area (TPSA) is 158 Å². The minimum Gasteiger partial charge on any atom is -0.379 e. The van der Waals surface area contributed by atoms with Crippen LogP contribution in [0.3, 0.4) is 0 Å². The Morgan fingerprint density at radius 1 is 0.692 bits per heavy atom. The van der Waals surface area contributed by atoms with Crippen molar-refractivity contribution in [3.05, 3.63) is 71.8 Å². The van der Waals surface area contributed by atoms with Gasteiger partial charge in [0.2, 0.25) is 23.6 Å². The molecule has 0 unspecified atom stereocenters. The van der Waals surface area contributed by atoms with E-state index in [4.69, 9.17) is 9.47 Å². The Bertz CT molecular complexity index is 1480. The Morgan fingerprint density at radius 3 is 1.77 bits per heavy atom. The highest BCUT2D eigenvalue weighted by Crippen LogP contribution is 2.29. The van der Waals surface area contributed by atoms with Crippen molar-refractivity contribution in [2.45, 2.75) is 96.5 Å². The number of carbonyl (C=O) groups is 5. The summed E-state index contributed by atoms with van der Waals surface area (Å²) in [6, 6.07) is 15.3. The van der Waals surface area contributed by atoms with Crippen molar-refractivity contribution >= 4 is 29.4 Å². The average molecular weight is 720 g/mol. The molecule has 5 atom stereocenters. The maximum Gasteiger partial charge on any atom is 0.243 e. The normalized spacial score (nSPS) is 19.6. The molecule has 284 valence electrons. The first-order valence-electron chi connectivity index (χ1n) is 18.6. The zero-order chi connectivity index (χ0) is 37.7. The molecule has 12 nitrogen and oxygen atoms in total. The first kappa shape index (κ1) is 40.6. The van der Waals surface area contributed by atoms with Gasteiger partial charge in [0.15, 0.2) is 5.78 Å². The molecular formula is C40H57N5O7. The second-order valence-corrected chi connectivity index (χ2v) is 15.0. The molecule has 4 N–H and O–H groups in total. The summed E-state index contributed by atoms with van der Waals surface area (Å²) in [7, 11) is 0. The van der Waals surface area contributed by atoms with Crippen molar-refractivity contribution in [1.29, 1.82) is 0 Å². The molecule has 2 aromatic carbocycles. The highest BCUT2D eigenvalue weighted by molar-refractivity contribution is 5.98. The number of nitrogens with zero attached hydrogens (tertiary/aromatic N) is 1. The van der Waals surface area contributed by atoms with Crippen LogP contribution in [0.15, 0.2) is 60.7 Å². The monoisotopic (exact) mass is 719 g/mol. The van der Waals surface area contributed by atoms with Gasteiger partial charge in [0, 0.05) is 19.5 Å².